The molecule has 3 N–H and O–H groups in total. The minimum absolute atomic E-state index is 0.110. The summed E-state index contributed by atoms with van der Waals surface area (Å²) in [4.78, 5) is 37.9. The zero-order valence-corrected chi connectivity index (χ0v) is 20.9. The van der Waals surface area contributed by atoms with Crippen molar-refractivity contribution in [3.05, 3.63) is 63.4 Å². The van der Waals surface area contributed by atoms with Crippen LogP contribution in [0.15, 0.2) is 52.2 Å². The number of carbonyl (C=O) groups excluding carboxylic acids is 1. The lowest BCUT2D eigenvalue weighted by molar-refractivity contribution is -0.149. The van der Waals surface area contributed by atoms with Crippen molar-refractivity contribution in [2.24, 2.45) is 0 Å². The first-order valence-corrected chi connectivity index (χ1v) is 12.7. The lowest BCUT2D eigenvalue weighted by atomic mass is 10.1. The minimum atomic E-state index is -4.25. The summed E-state index contributed by atoms with van der Waals surface area (Å²) in [5, 5.41) is 12.1. The van der Waals surface area contributed by atoms with Gasteiger partial charge >= 0.3 is 19.4 Å². The molecule has 1 saturated heterocycles. The van der Waals surface area contributed by atoms with Crippen LogP contribution in [0.2, 0.25) is 0 Å². The molecule has 1 aromatic carbocycles. The van der Waals surface area contributed by atoms with E-state index in [1.54, 1.807) is 37.3 Å². The van der Waals surface area contributed by atoms with Crippen molar-refractivity contribution in [2.45, 2.75) is 50.1 Å². The lowest BCUT2D eigenvalue weighted by Gasteiger charge is -2.29. The smallest absolute Gasteiger partial charge is 0.459 e. The van der Waals surface area contributed by atoms with Crippen LogP contribution < -0.4 is 20.9 Å². The summed E-state index contributed by atoms with van der Waals surface area (Å²) in [6, 6.07) is 9.24. The van der Waals surface area contributed by atoms with Gasteiger partial charge < -0.3 is 19.1 Å². The van der Waals surface area contributed by atoms with Crippen molar-refractivity contribution in [1.82, 2.24) is 14.6 Å². The topological polar surface area (TPSA) is 158 Å². The fourth-order valence-electron chi connectivity index (χ4n) is 3.27. The monoisotopic (exact) mass is 531 g/mol. The van der Waals surface area contributed by atoms with Crippen LogP contribution in [-0.2, 0) is 23.4 Å². The minimum Gasteiger partial charge on any atom is -0.465 e. The number of hydrogen-bond acceptors (Lipinski definition) is 9. The first-order valence-electron chi connectivity index (χ1n) is 10.7. The van der Waals surface area contributed by atoms with E-state index in [1.165, 1.54) is 20.0 Å². The number of aromatic amines is 1. The number of rotatable bonds is 10. The number of carbonyl (C=O) groups is 1. The summed E-state index contributed by atoms with van der Waals surface area (Å²) in [7, 11) is -4.25. The summed E-state index contributed by atoms with van der Waals surface area (Å²) < 4.78 is 36.5. The molecule has 2 aromatic rings. The van der Waals surface area contributed by atoms with E-state index in [-0.39, 0.29) is 12.4 Å². The first-order chi connectivity index (χ1) is 16.5. The number of ether oxygens (including phenoxy) is 2. The molecule has 1 aromatic heterocycles. The second kappa shape index (κ2) is 11.1. The molecule has 5 atom stereocenters. The zero-order chi connectivity index (χ0) is 25.8. The van der Waals surface area contributed by atoms with Crippen LogP contribution in [0.4, 0.5) is 0 Å². The number of benzene rings is 1. The highest BCUT2D eigenvalue weighted by molar-refractivity contribution is 7.52. The van der Waals surface area contributed by atoms with Gasteiger partial charge in [0.1, 0.15) is 28.9 Å². The van der Waals surface area contributed by atoms with Gasteiger partial charge in [-0.2, -0.15) is 5.09 Å². The van der Waals surface area contributed by atoms with Gasteiger partial charge in [0.15, 0.2) is 6.23 Å². The number of para-hydroxylation sites is 1. The number of esters is 1. The molecule has 14 heteroatoms. The van der Waals surface area contributed by atoms with Crippen LogP contribution in [0.1, 0.15) is 27.0 Å². The molecular weight excluding hydrogens is 505 g/mol. The Balaban J connectivity index is 1.79. The highest BCUT2D eigenvalue weighted by Gasteiger charge is 2.46. The Kier molecular flexibility index (Phi) is 8.58. The number of nitrogens with zero attached hydrogens (tertiary/aromatic N) is 1. The Morgan fingerprint density at radius 2 is 1.97 bits per heavy atom. The molecule has 3 rings (SSSR count). The summed E-state index contributed by atoms with van der Waals surface area (Å²) in [6.45, 7) is 4.16. The Morgan fingerprint density at radius 3 is 2.60 bits per heavy atom. The summed E-state index contributed by atoms with van der Waals surface area (Å²) in [5.41, 5.74) is -2.85. The zero-order valence-electron chi connectivity index (χ0n) is 19.3. The average Bonchev–Trinajstić information content (AvgIpc) is 3.07. The van der Waals surface area contributed by atoms with Crippen molar-refractivity contribution in [3.63, 3.8) is 0 Å². The number of aromatic nitrogens is 2. The van der Waals surface area contributed by atoms with Gasteiger partial charge in [-0.3, -0.25) is 23.7 Å². The molecule has 0 amide bonds. The third-order valence-electron chi connectivity index (χ3n) is 5.00. The molecule has 1 fully saturated rings. The maximum absolute atomic E-state index is 13.7. The van der Waals surface area contributed by atoms with E-state index in [4.69, 9.17) is 30.1 Å². The SMILES string of the molecule is CCOC(=O)C(C)(C)N[P@@](=O)(OC[C@H]1O[C@@H](n2ccc(=O)[nH]c2=O)[C@@H](Cl)[C@@H]1O)Oc1ccccc1. The molecule has 192 valence electrons. The number of hydrogen-bond donors (Lipinski definition) is 3. The van der Waals surface area contributed by atoms with Gasteiger partial charge in [0.25, 0.3) is 5.56 Å². The molecule has 0 unspecified atom stereocenters. The highest BCUT2D eigenvalue weighted by atomic mass is 35.5. The fourth-order valence-corrected chi connectivity index (χ4v) is 5.29. The molecule has 35 heavy (non-hydrogen) atoms. The van der Waals surface area contributed by atoms with Gasteiger partial charge in [0.2, 0.25) is 0 Å². The number of alkyl halides is 1. The molecule has 0 aliphatic carbocycles. The van der Waals surface area contributed by atoms with Gasteiger partial charge in [-0.15, -0.1) is 11.6 Å². The van der Waals surface area contributed by atoms with Gasteiger partial charge in [0.05, 0.1) is 13.2 Å². The Bertz CT molecular complexity index is 1190. The van der Waals surface area contributed by atoms with E-state index >= 15 is 0 Å². The van der Waals surface area contributed by atoms with Crippen molar-refractivity contribution >= 4 is 25.3 Å². The average molecular weight is 532 g/mol. The van der Waals surface area contributed by atoms with E-state index in [9.17, 15) is 24.1 Å². The molecular formula is C21H27ClN3O9P. The van der Waals surface area contributed by atoms with Gasteiger partial charge in [-0.25, -0.2) is 9.36 Å². The molecule has 1 aliphatic heterocycles. The number of nitrogens with one attached hydrogen (secondary N) is 2. The van der Waals surface area contributed by atoms with Crippen molar-refractivity contribution in [2.75, 3.05) is 13.2 Å². The molecule has 0 radical (unpaired) electrons. The fraction of sp³-hybridized carbons (Fsp3) is 0.476. The van der Waals surface area contributed by atoms with Crippen molar-refractivity contribution in [3.8, 4) is 5.75 Å². The quantitative estimate of drug-likeness (QED) is 0.233. The Labute approximate surface area is 205 Å². The van der Waals surface area contributed by atoms with Gasteiger partial charge in [-0.1, -0.05) is 18.2 Å². The van der Waals surface area contributed by atoms with Crippen LogP contribution in [-0.4, -0.2) is 57.0 Å². The van der Waals surface area contributed by atoms with Crippen molar-refractivity contribution in [1.29, 1.82) is 0 Å². The molecule has 0 spiro atoms. The van der Waals surface area contributed by atoms with E-state index in [1.807, 2.05) is 0 Å². The molecule has 0 saturated carbocycles. The predicted octanol–water partition coefficient (Wildman–Crippen LogP) is 1.54. The third kappa shape index (κ3) is 6.60. The van der Waals surface area contributed by atoms with E-state index in [2.05, 4.69) is 10.1 Å². The lowest BCUT2D eigenvalue weighted by Crippen LogP contribution is -2.47. The normalized spacial score (nSPS) is 24.0. The predicted molar refractivity (Wildman–Crippen MR) is 125 cm³/mol. The van der Waals surface area contributed by atoms with Crippen LogP contribution in [0.3, 0.4) is 0 Å². The van der Waals surface area contributed by atoms with Crippen LogP contribution >= 0.6 is 19.3 Å². The highest BCUT2D eigenvalue weighted by Crippen LogP contribution is 2.47. The number of aliphatic hydroxyl groups excluding tert-OH is 1. The first kappa shape index (κ1) is 27.1. The second-order valence-corrected chi connectivity index (χ2v) is 10.3. The van der Waals surface area contributed by atoms with E-state index in [0.717, 1.165) is 10.6 Å². The van der Waals surface area contributed by atoms with E-state index in [0.29, 0.717) is 0 Å². The largest absolute Gasteiger partial charge is 0.465 e. The van der Waals surface area contributed by atoms with Gasteiger partial charge in [-0.05, 0) is 32.9 Å². The van der Waals surface area contributed by atoms with Gasteiger partial charge in [0, 0.05) is 12.3 Å². The number of H-pyrrole nitrogens is 1. The summed E-state index contributed by atoms with van der Waals surface area (Å²) >= 11 is 6.27. The molecule has 2 heterocycles. The molecule has 0 bridgehead atoms. The van der Waals surface area contributed by atoms with Crippen LogP contribution in [0, 0.1) is 0 Å². The summed E-state index contributed by atoms with van der Waals surface area (Å²) in [5.74, 6) is -0.486. The second-order valence-electron chi connectivity index (χ2n) is 8.17. The summed E-state index contributed by atoms with van der Waals surface area (Å²) in [6.07, 6.45) is -2.41. The standard InChI is InChI=1S/C21H27ClN3O9P/c1-4-31-19(28)21(2,3)24-35(30,34-13-8-6-5-7-9-13)32-12-14-17(27)16(22)18(33-14)25-11-10-15(26)23-20(25)29/h5-11,14,16-18,27H,4,12H2,1-3H3,(H,24,30)(H,23,26,29)/t14-,16+,17-,18-,35-/m1/s1. The Hall–Kier alpha value is -2.47. The molecule has 1 aliphatic rings. The Morgan fingerprint density at radius 1 is 1.29 bits per heavy atom. The third-order valence-corrected chi connectivity index (χ3v) is 7.25. The van der Waals surface area contributed by atoms with E-state index < -0.39 is 60.9 Å². The maximum atomic E-state index is 13.7. The number of aliphatic hydroxyl groups is 1. The molecule has 12 nitrogen and oxygen atoms in total. The van der Waals surface area contributed by atoms with Crippen LogP contribution in [0.5, 0.6) is 5.75 Å². The number of halogens is 1. The van der Waals surface area contributed by atoms with Crippen LogP contribution in [0.25, 0.3) is 0 Å². The maximum Gasteiger partial charge on any atom is 0.459 e. The van der Waals surface area contributed by atoms with Crippen molar-refractivity contribution < 1.29 is 33.0 Å².